The summed E-state index contributed by atoms with van der Waals surface area (Å²) in [7, 11) is 1.63. The first-order valence-corrected chi connectivity index (χ1v) is 8.82. The van der Waals surface area contributed by atoms with Crippen molar-refractivity contribution in [3.05, 3.63) is 65.7 Å². The topological polar surface area (TPSA) is 63.1 Å². The van der Waals surface area contributed by atoms with E-state index >= 15 is 0 Å². The maximum Gasteiger partial charge on any atom is 0.239 e. The first-order chi connectivity index (χ1) is 12.2. The lowest BCUT2D eigenvalue weighted by atomic mass is 10.1. The molecule has 3 rings (SSSR count). The third kappa shape index (κ3) is 4.48. The number of thioether (sulfide) groups is 1. The Hall–Kier alpha value is -2.60. The average molecular weight is 353 g/mol. The highest BCUT2D eigenvalue weighted by Crippen LogP contribution is 2.23. The molecular weight excluding hydrogens is 334 g/mol. The molecule has 0 spiro atoms. The van der Waals surface area contributed by atoms with Crippen LogP contribution in [0.3, 0.4) is 0 Å². The molecule has 0 aliphatic carbocycles. The first-order valence-electron chi connectivity index (χ1n) is 7.94. The van der Waals surface area contributed by atoms with Crippen LogP contribution in [0.1, 0.15) is 18.1 Å². The van der Waals surface area contributed by atoms with Gasteiger partial charge < -0.3 is 10.1 Å². The van der Waals surface area contributed by atoms with Gasteiger partial charge >= 0.3 is 0 Å². The molecule has 0 unspecified atom stereocenters. The van der Waals surface area contributed by atoms with Crippen molar-refractivity contribution in [2.24, 2.45) is 10.2 Å². The van der Waals surface area contributed by atoms with E-state index in [0.29, 0.717) is 11.6 Å². The van der Waals surface area contributed by atoms with Gasteiger partial charge in [-0.15, -0.1) is 5.10 Å². The highest BCUT2D eigenvalue weighted by molar-refractivity contribution is 8.15. The van der Waals surface area contributed by atoms with Gasteiger partial charge in [-0.25, -0.2) is 0 Å². The van der Waals surface area contributed by atoms with Gasteiger partial charge in [-0.2, -0.15) is 5.10 Å². The Bertz CT molecular complexity index is 801. The predicted molar refractivity (Wildman–Crippen MR) is 102 cm³/mol. The molecule has 1 aliphatic rings. The maximum absolute atomic E-state index is 12.1. The average Bonchev–Trinajstić information content (AvgIpc) is 3.00. The standard InChI is InChI=1S/C19H19N3O2S/c1-13(15-8-10-16(24-2)11-9-15)21-22-19-20-18(23)17(25-19)12-14-6-4-3-5-7-14/h3-11,17H,12H2,1-2H3,(H,20,22,23)/b21-13-/t17-/m0/s1. The second-order valence-electron chi connectivity index (χ2n) is 5.60. The molecule has 2 aromatic carbocycles. The van der Waals surface area contributed by atoms with Crippen molar-refractivity contribution in [3.63, 3.8) is 0 Å². The van der Waals surface area contributed by atoms with E-state index in [0.717, 1.165) is 22.6 Å². The summed E-state index contributed by atoms with van der Waals surface area (Å²) in [6.07, 6.45) is 0.678. The van der Waals surface area contributed by atoms with Gasteiger partial charge in [0, 0.05) is 0 Å². The van der Waals surface area contributed by atoms with Gasteiger partial charge in [-0.1, -0.05) is 42.1 Å². The van der Waals surface area contributed by atoms with Gasteiger partial charge in [0.2, 0.25) is 5.91 Å². The summed E-state index contributed by atoms with van der Waals surface area (Å²) in [6, 6.07) is 17.6. The Morgan fingerprint density at radius 1 is 1.16 bits per heavy atom. The Labute approximate surface area is 151 Å². The highest BCUT2D eigenvalue weighted by atomic mass is 32.2. The molecule has 2 aromatic rings. The van der Waals surface area contributed by atoms with Crippen molar-refractivity contribution in [1.29, 1.82) is 0 Å². The summed E-state index contributed by atoms with van der Waals surface area (Å²) < 4.78 is 5.14. The van der Waals surface area contributed by atoms with Crippen LogP contribution in [0.15, 0.2) is 64.8 Å². The number of benzene rings is 2. The molecule has 0 bridgehead atoms. The summed E-state index contributed by atoms with van der Waals surface area (Å²) in [6.45, 7) is 1.88. The Morgan fingerprint density at radius 2 is 1.88 bits per heavy atom. The number of carbonyl (C=O) groups is 1. The second-order valence-corrected chi connectivity index (χ2v) is 6.80. The fraction of sp³-hybridized carbons (Fsp3) is 0.211. The number of nitrogens with zero attached hydrogens (tertiary/aromatic N) is 2. The van der Waals surface area contributed by atoms with Gasteiger partial charge in [-0.3, -0.25) is 4.79 Å². The summed E-state index contributed by atoms with van der Waals surface area (Å²) in [4.78, 5) is 12.1. The summed E-state index contributed by atoms with van der Waals surface area (Å²) >= 11 is 1.42. The molecule has 5 nitrogen and oxygen atoms in total. The molecule has 1 saturated heterocycles. The fourth-order valence-electron chi connectivity index (χ4n) is 2.43. The van der Waals surface area contributed by atoms with E-state index in [9.17, 15) is 4.79 Å². The van der Waals surface area contributed by atoms with E-state index in [2.05, 4.69) is 15.5 Å². The number of hydrogen-bond donors (Lipinski definition) is 1. The van der Waals surface area contributed by atoms with Crippen molar-refractivity contribution < 1.29 is 9.53 Å². The van der Waals surface area contributed by atoms with Crippen LogP contribution < -0.4 is 10.1 Å². The molecular formula is C19H19N3O2S. The van der Waals surface area contributed by atoms with Crippen LogP contribution in [-0.2, 0) is 11.2 Å². The minimum atomic E-state index is -0.169. The lowest BCUT2D eigenvalue weighted by molar-refractivity contribution is -0.118. The molecule has 128 valence electrons. The monoisotopic (exact) mass is 353 g/mol. The molecule has 0 radical (unpaired) electrons. The van der Waals surface area contributed by atoms with E-state index in [1.54, 1.807) is 7.11 Å². The van der Waals surface area contributed by atoms with Crippen molar-refractivity contribution in [1.82, 2.24) is 5.32 Å². The Balaban J connectivity index is 1.66. The van der Waals surface area contributed by atoms with E-state index < -0.39 is 0 Å². The third-order valence-corrected chi connectivity index (χ3v) is 4.91. The van der Waals surface area contributed by atoms with Gasteiger partial charge in [0.05, 0.1) is 18.1 Å². The van der Waals surface area contributed by atoms with Crippen molar-refractivity contribution in [3.8, 4) is 5.75 Å². The van der Waals surface area contributed by atoms with Crippen LogP contribution in [0, 0.1) is 0 Å². The molecule has 1 heterocycles. The summed E-state index contributed by atoms with van der Waals surface area (Å²) in [5.41, 5.74) is 2.87. The SMILES string of the molecule is COc1ccc(/C(C)=N\N=C2\NC(=O)[C@H](Cc3ccccc3)S2)cc1. The fourth-order valence-corrected chi connectivity index (χ4v) is 3.38. The number of rotatable bonds is 5. The van der Waals surface area contributed by atoms with Crippen LogP contribution in [-0.4, -0.2) is 29.1 Å². The largest absolute Gasteiger partial charge is 0.497 e. The van der Waals surface area contributed by atoms with E-state index in [1.165, 1.54) is 11.8 Å². The van der Waals surface area contributed by atoms with Crippen LogP contribution in [0.25, 0.3) is 0 Å². The van der Waals surface area contributed by atoms with E-state index in [1.807, 2.05) is 61.5 Å². The third-order valence-electron chi connectivity index (χ3n) is 3.84. The zero-order valence-electron chi connectivity index (χ0n) is 14.1. The number of methoxy groups -OCH3 is 1. The van der Waals surface area contributed by atoms with Gasteiger partial charge in [0.25, 0.3) is 0 Å². The Morgan fingerprint density at radius 3 is 2.56 bits per heavy atom. The zero-order chi connectivity index (χ0) is 17.6. The smallest absolute Gasteiger partial charge is 0.239 e. The zero-order valence-corrected chi connectivity index (χ0v) is 14.9. The van der Waals surface area contributed by atoms with Crippen LogP contribution >= 0.6 is 11.8 Å². The maximum atomic E-state index is 12.1. The molecule has 1 amide bonds. The number of amides is 1. The number of nitrogens with one attached hydrogen (secondary N) is 1. The predicted octanol–water partition coefficient (Wildman–Crippen LogP) is 3.25. The molecule has 1 fully saturated rings. The molecule has 6 heteroatoms. The van der Waals surface area contributed by atoms with Crippen LogP contribution in [0.5, 0.6) is 5.75 Å². The lowest BCUT2D eigenvalue weighted by Crippen LogP contribution is -2.25. The lowest BCUT2D eigenvalue weighted by Gasteiger charge is -2.04. The second kappa shape index (κ2) is 7.98. The van der Waals surface area contributed by atoms with Gasteiger partial charge in [0.1, 0.15) is 5.75 Å². The molecule has 1 N–H and O–H groups in total. The number of amidine groups is 1. The minimum Gasteiger partial charge on any atom is -0.497 e. The van der Waals surface area contributed by atoms with E-state index in [-0.39, 0.29) is 11.2 Å². The Kier molecular flexibility index (Phi) is 5.50. The molecule has 25 heavy (non-hydrogen) atoms. The quantitative estimate of drug-likeness (QED) is 0.663. The molecule has 0 aromatic heterocycles. The minimum absolute atomic E-state index is 0.0232. The summed E-state index contributed by atoms with van der Waals surface area (Å²) in [5, 5.41) is 11.6. The van der Waals surface area contributed by atoms with Gasteiger partial charge in [-0.05, 0) is 48.7 Å². The number of carbonyl (C=O) groups excluding carboxylic acids is 1. The molecule has 1 atom stereocenters. The summed E-state index contributed by atoms with van der Waals surface area (Å²) in [5.74, 6) is 0.773. The van der Waals surface area contributed by atoms with Crippen LogP contribution in [0.4, 0.5) is 0 Å². The highest BCUT2D eigenvalue weighted by Gasteiger charge is 2.30. The van der Waals surface area contributed by atoms with Crippen molar-refractivity contribution in [2.45, 2.75) is 18.6 Å². The number of ether oxygens (including phenoxy) is 1. The number of hydrogen-bond acceptors (Lipinski definition) is 5. The van der Waals surface area contributed by atoms with Crippen molar-refractivity contribution in [2.75, 3.05) is 7.11 Å². The first kappa shape index (κ1) is 17.2. The van der Waals surface area contributed by atoms with Crippen molar-refractivity contribution >= 4 is 28.5 Å². The molecule has 0 saturated carbocycles. The van der Waals surface area contributed by atoms with Crippen LogP contribution in [0.2, 0.25) is 0 Å². The van der Waals surface area contributed by atoms with Gasteiger partial charge in [0.15, 0.2) is 5.17 Å². The normalized spacial score (nSPS) is 19.1. The van der Waals surface area contributed by atoms with E-state index in [4.69, 9.17) is 4.74 Å². The molecule has 1 aliphatic heterocycles.